The van der Waals surface area contributed by atoms with E-state index in [1.807, 2.05) is 0 Å². The Morgan fingerprint density at radius 1 is 1.38 bits per heavy atom. The monoisotopic (exact) mass is 290 g/mol. The Bertz CT molecular complexity index is 454. The number of hydrogen-bond acceptors (Lipinski definition) is 4. The average Bonchev–Trinajstić information content (AvgIpc) is 2.42. The lowest BCUT2D eigenvalue weighted by Gasteiger charge is -2.57. The highest BCUT2D eigenvalue weighted by atomic mass is 16.5. The predicted octanol–water partition coefficient (Wildman–Crippen LogP) is 1.69. The SMILES string of the molecule is CCNCCc1cccc(OCCN2CCC23COC3)c1. The van der Waals surface area contributed by atoms with Crippen molar-refractivity contribution in [2.75, 3.05) is 46.0 Å². The molecule has 4 nitrogen and oxygen atoms in total. The zero-order valence-corrected chi connectivity index (χ0v) is 12.9. The van der Waals surface area contributed by atoms with Crippen molar-refractivity contribution in [3.63, 3.8) is 0 Å². The summed E-state index contributed by atoms with van der Waals surface area (Å²) in [6.45, 7) is 8.96. The van der Waals surface area contributed by atoms with Crippen molar-refractivity contribution < 1.29 is 9.47 Å². The summed E-state index contributed by atoms with van der Waals surface area (Å²) in [7, 11) is 0. The van der Waals surface area contributed by atoms with Crippen LogP contribution < -0.4 is 10.1 Å². The number of ether oxygens (including phenoxy) is 2. The third-order valence-electron chi connectivity index (χ3n) is 4.63. The van der Waals surface area contributed by atoms with Gasteiger partial charge in [0, 0.05) is 13.1 Å². The first-order valence-electron chi connectivity index (χ1n) is 8.08. The average molecular weight is 290 g/mol. The maximum Gasteiger partial charge on any atom is 0.119 e. The van der Waals surface area contributed by atoms with Crippen LogP contribution in [0.2, 0.25) is 0 Å². The molecular formula is C17H26N2O2. The van der Waals surface area contributed by atoms with E-state index in [1.54, 1.807) is 0 Å². The van der Waals surface area contributed by atoms with Crippen molar-refractivity contribution in [1.29, 1.82) is 0 Å². The first-order chi connectivity index (χ1) is 10.3. The number of rotatable bonds is 8. The van der Waals surface area contributed by atoms with Gasteiger partial charge in [0.1, 0.15) is 12.4 Å². The summed E-state index contributed by atoms with van der Waals surface area (Å²) in [5.74, 6) is 0.989. The quantitative estimate of drug-likeness (QED) is 0.739. The molecule has 0 amide bonds. The van der Waals surface area contributed by atoms with Crippen molar-refractivity contribution in [3.05, 3.63) is 29.8 Å². The molecule has 1 N–H and O–H groups in total. The highest BCUT2D eigenvalue weighted by molar-refractivity contribution is 5.28. The smallest absolute Gasteiger partial charge is 0.119 e. The van der Waals surface area contributed by atoms with E-state index in [2.05, 4.69) is 41.4 Å². The van der Waals surface area contributed by atoms with Gasteiger partial charge in [-0.25, -0.2) is 0 Å². The van der Waals surface area contributed by atoms with Crippen molar-refractivity contribution in [2.45, 2.75) is 25.3 Å². The third kappa shape index (κ3) is 3.39. The molecule has 4 heteroatoms. The molecule has 0 unspecified atom stereocenters. The Morgan fingerprint density at radius 3 is 2.95 bits per heavy atom. The number of benzene rings is 1. The van der Waals surface area contributed by atoms with Crippen molar-refractivity contribution >= 4 is 0 Å². The Morgan fingerprint density at radius 2 is 2.29 bits per heavy atom. The molecule has 1 spiro atoms. The Hall–Kier alpha value is -1.10. The highest BCUT2D eigenvalue weighted by Crippen LogP contribution is 2.36. The summed E-state index contributed by atoms with van der Waals surface area (Å²) < 4.78 is 11.3. The Balaban J connectivity index is 1.41. The minimum absolute atomic E-state index is 0.372. The minimum Gasteiger partial charge on any atom is -0.492 e. The van der Waals surface area contributed by atoms with Crippen molar-refractivity contribution in [1.82, 2.24) is 10.2 Å². The number of likely N-dealkylation sites (tertiary alicyclic amines) is 1. The lowest BCUT2D eigenvalue weighted by atomic mass is 9.83. The maximum absolute atomic E-state index is 5.92. The summed E-state index contributed by atoms with van der Waals surface area (Å²) in [6.07, 6.45) is 2.34. The molecule has 2 aliphatic heterocycles. The van der Waals surface area contributed by atoms with Gasteiger partial charge in [-0.1, -0.05) is 19.1 Å². The summed E-state index contributed by atoms with van der Waals surface area (Å²) in [5.41, 5.74) is 1.71. The topological polar surface area (TPSA) is 33.7 Å². The van der Waals surface area contributed by atoms with Crippen molar-refractivity contribution in [2.24, 2.45) is 0 Å². The predicted molar refractivity (Wildman–Crippen MR) is 83.9 cm³/mol. The zero-order valence-electron chi connectivity index (χ0n) is 12.9. The van der Waals surface area contributed by atoms with Crippen molar-refractivity contribution in [3.8, 4) is 5.75 Å². The molecule has 2 aliphatic rings. The van der Waals surface area contributed by atoms with Crippen LogP contribution in [0.5, 0.6) is 5.75 Å². The van der Waals surface area contributed by atoms with E-state index in [1.165, 1.54) is 18.5 Å². The molecule has 2 heterocycles. The van der Waals surface area contributed by atoms with Crippen LogP contribution in [0.15, 0.2) is 24.3 Å². The number of hydrogen-bond donors (Lipinski definition) is 1. The van der Waals surface area contributed by atoms with E-state index in [9.17, 15) is 0 Å². The van der Waals surface area contributed by atoms with Gasteiger partial charge >= 0.3 is 0 Å². The Kier molecular flexibility index (Phi) is 4.78. The van der Waals surface area contributed by atoms with Gasteiger partial charge in [-0.2, -0.15) is 0 Å². The minimum atomic E-state index is 0.372. The summed E-state index contributed by atoms with van der Waals surface area (Å²) in [6, 6.07) is 8.46. The second-order valence-electron chi connectivity index (χ2n) is 6.05. The molecule has 2 fully saturated rings. The third-order valence-corrected chi connectivity index (χ3v) is 4.63. The molecule has 0 atom stereocenters. The summed E-state index contributed by atoms with van der Waals surface area (Å²) >= 11 is 0. The van der Waals surface area contributed by atoms with Gasteiger partial charge in [-0.05, 0) is 43.6 Å². The summed E-state index contributed by atoms with van der Waals surface area (Å²) in [5, 5.41) is 3.35. The largest absolute Gasteiger partial charge is 0.492 e. The van der Waals surface area contributed by atoms with E-state index >= 15 is 0 Å². The molecule has 0 saturated carbocycles. The fraction of sp³-hybridized carbons (Fsp3) is 0.647. The van der Waals surface area contributed by atoms with Crippen LogP contribution in [-0.4, -0.2) is 56.4 Å². The normalized spacial score (nSPS) is 20.0. The molecular weight excluding hydrogens is 264 g/mol. The molecule has 1 aromatic carbocycles. The van der Waals surface area contributed by atoms with Gasteiger partial charge in [-0.15, -0.1) is 0 Å². The molecule has 116 valence electrons. The fourth-order valence-corrected chi connectivity index (χ4v) is 3.07. The summed E-state index contributed by atoms with van der Waals surface area (Å²) in [4.78, 5) is 2.51. The molecule has 1 aromatic rings. The molecule has 3 rings (SSSR count). The van der Waals surface area contributed by atoms with E-state index < -0.39 is 0 Å². The first-order valence-corrected chi connectivity index (χ1v) is 8.08. The number of likely N-dealkylation sites (N-methyl/N-ethyl adjacent to an activating group) is 1. The molecule has 0 aliphatic carbocycles. The van der Waals surface area contributed by atoms with E-state index in [-0.39, 0.29) is 0 Å². The van der Waals surface area contributed by atoms with E-state index in [0.29, 0.717) is 5.54 Å². The highest BCUT2D eigenvalue weighted by Gasteiger charge is 2.50. The van der Waals surface area contributed by atoms with Crippen LogP contribution in [0.3, 0.4) is 0 Å². The zero-order chi connectivity index (χ0) is 14.5. The standard InChI is InChI=1S/C17H26N2O2/c1-2-18-8-6-15-4-3-5-16(12-15)21-11-10-19-9-7-17(19)13-20-14-17/h3-5,12,18H,2,6-11,13-14H2,1H3. The van der Waals surface area contributed by atoms with E-state index in [4.69, 9.17) is 9.47 Å². The maximum atomic E-state index is 5.92. The lowest BCUT2D eigenvalue weighted by molar-refractivity contribution is -0.193. The van der Waals surface area contributed by atoms with Crippen LogP contribution in [0.4, 0.5) is 0 Å². The first kappa shape index (κ1) is 14.8. The fourth-order valence-electron chi connectivity index (χ4n) is 3.07. The molecule has 0 bridgehead atoms. The number of nitrogens with zero attached hydrogens (tertiary/aromatic N) is 1. The van der Waals surface area contributed by atoms with E-state index in [0.717, 1.165) is 51.6 Å². The van der Waals surface area contributed by atoms with Crippen LogP contribution in [0, 0.1) is 0 Å². The van der Waals surface area contributed by atoms with Gasteiger partial charge < -0.3 is 14.8 Å². The van der Waals surface area contributed by atoms with Crippen LogP contribution in [-0.2, 0) is 11.2 Å². The molecule has 21 heavy (non-hydrogen) atoms. The molecule has 0 radical (unpaired) electrons. The van der Waals surface area contributed by atoms with Gasteiger partial charge in [0.25, 0.3) is 0 Å². The van der Waals surface area contributed by atoms with Gasteiger partial charge in [0.2, 0.25) is 0 Å². The second kappa shape index (κ2) is 6.77. The molecule has 0 aromatic heterocycles. The van der Waals surface area contributed by atoms with Gasteiger partial charge in [-0.3, -0.25) is 4.90 Å². The Labute approximate surface area is 127 Å². The lowest BCUT2D eigenvalue weighted by Crippen LogP contribution is -2.71. The van der Waals surface area contributed by atoms with Gasteiger partial charge in [0.15, 0.2) is 0 Å². The molecule has 2 saturated heterocycles. The number of nitrogens with one attached hydrogen (secondary N) is 1. The second-order valence-corrected chi connectivity index (χ2v) is 6.05. The van der Waals surface area contributed by atoms with Crippen LogP contribution in [0.25, 0.3) is 0 Å². The van der Waals surface area contributed by atoms with Crippen LogP contribution >= 0.6 is 0 Å². The van der Waals surface area contributed by atoms with Crippen LogP contribution in [0.1, 0.15) is 18.9 Å². The van der Waals surface area contributed by atoms with Gasteiger partial charge in [0.05, 0.1) is 18.8 Å².